The lowest BCUT2D eigenvalue weighted by molar-refractivity contribution is -0.384. The van der Waals surface area contributed by atoms with Crippen LogP contribution in [-0.4, -0.2) is 30.0 Å². The number of halogens is 1. The summed E-state index contributed by atoms with van der Waals surface area (Å²) in [6, 6.07) is 9.04. The third-order valence-corrected chi connectivity index (χ3v) is 3.59. The standard InChI is InChI=1S/C18H17FN2O6/c1-11(27-17(22)9-12-3-5-13(19)6-4-12)18(23)20-15-8-7-14(21(24)25)10-16(15)26-2/h3-8,10-11H,9H2,1-2H3,(H,20,23)/t11-/m0/s1. The zero-order valence-electron chi connectivity index (χ0n) is 14.6. The molecule has 0 aliphatic carbocycles. The maximum absolute atomic E-state index is 12.9. The van der Waals surface area contributed by atoms with Crippen LogP contribution in [-0.2, 0) is 20.7 Å². The molecule has 8 nitrogen and oxygen atoms in total. The van der Waals surface area contributed by atoms with Crippen LogP contribution in [0, 0.1) is 15.9 Å². The predicted octanol–water partition coefficient (Wildman–Crippen LogP) is 2.86. The number of esters is 1. The Hall–Kier alpha value is -3.49. The summed E-state index contributed by atoms with van der Waals surface area (Å²) >= 11 is 0. The smallest absolute Gasteiger partial charge is 0.311 e. The highest BCUT2D eigenvalue weighted by Gasteiger charge is 2.20. The topological polar surface area (TPSA) is 108 Å². The van der Waals surface area contributed by atoms with E-state index < -0.39 is 28.7 Å². The zero-order chi connectivity index (χ0) is 20.0. The number of hydrogen-bond donors (Lipinski definition) is 1. The number of nitrogens with zero attached hydrogens (tertiary/aromatic N) is 1. The van der Waals surface area contributed by atoms with Gasteiger partial charge in [-0.15, -0.1) is 0 Å². The van der Waals surface area contributed by atoms with Crippen LogP contribution in [0.3, 0.4) is 0 Å². The SMILES string of the molecule is COc1cc([N+](=O)[O-])ccc1NC(=O)[C@H](C)OC(=O)Cc1ccc(F)cc1. The van der Waals surface area contributed by atoms with Gasteiger partial charge >= 0.3 is 5.97 Å². The molecule has 1 atom stereocenters. The van der Waals surface area contributed by atoms with Crippen LogP contribution in [0.15, 0.2) is 42.5 Å². The van der Waals surface area contributed by atoms with Crippen molar-refractivity contribution in [3.05, 3.63) is 64.0 Å². The monoisotopic (exact) mass is 376 g/mol. The highest BCUT2D eigenvalue weighted by molar-refractivity contribution is 5.96. The molecule has 2 rings (SSSR count). The number of nitro benzene ring substituents is 1. The molecule has 27 heavy (non-hydrogen) atoms. The van der Waals surface area contributed by atoms with Crippen molar-refractivity contribution in [3.63, 3.8) is 0 Å². The van der Waals surface area contributed by atoms with E-state index in [0.29, 0.717) is 5.56 Å². The minimum Gasteiger partial charge on any atom is -0.494 e. The van der Waals surface area contributed by atoms with E-state index >= 15 is 0 Å². The van der Waals surface area contributed by atoms with Gasteiger partial charge in [0.25, 0.3) is 11.6 Å². The molecule has 0 aliphatic rings. The van der Waals surface area contributed by atoms with Gasteiger partial charge in [-0.1, -0.05) is 12.1 Å². The summed E-state index contributed by atoms with van der Waals surface area (Å²) in [5.74, 6) is -1.60. The molecule has 0 spiro atoms. The number of hydrogen-bond acceptors (Lipinski definition) is 6. The van der Waals surface area contributed by atoms with Crippen LogP contribution in [0.1, 0.15) is 12.5 Å². The van der Waals surface area contributed by atoms with Crippen molar-refractivity contribution >= 4 is 23.3 Å². The van der Waals surface area contributed by atoms with Gasteiger partial charge in [0.1, 0.15) is 11.6 Å². The minimum absolute atomic E-state index is 0.0994. The number of carbonyl (C=O) groups excluding carboxylic acids is 2. The fourth-order valence-electron chi connectivity index (χ4n) is 2.19. The molecule has 0 heterocycles. The molecule has 0 unspecified atom stereocenters. The molecule has 2 aromatic rings. The van der Waals surface area contributed by atoms with Gasteiger partial charge in [-0.2, -0.15) is 0 Å². The number of rotatable bonds is 7. The Morgan fingerprint density at radius 1 is 1.22 bits per heavy atom. The number of ether oxygens (including phenoxy) is 2. The van der Waals surface area contributed by atoms with Crippen LogP contribution in [0.5, 0.6) is 5.75 Å². The fourth-order valence-corrected chi connectivity index (χ4v) is 2.19. The van der Waals surface area contributed by atoms with Gasteiger partial charge < -0.3 is 14.8 Å². The number of non-ortho nitro benzene ring substituents is 1. The molecule has 1 N–H and O–H groups in total. The number of anilines is 1. The molecule has 1 amide bonds. The number of amides is 1. The minimum atomic E-state index is -1.11. The average Bonchev–Trinajstić information content (AvgIpc) is 2.63. The lowest BCUT2D eigenvalue weighted by Crippen LogP contribution is -2.30. The first kappa shape index (κ1) is 19.8. The van der Waals surface area contributed by atoms with Crippen molar-refractivity contribution in [3.8, 4) is 5.75 Å². The van der Waals surface area contributed by atoms with Crippen molar-refractivity contribution in [2.45, 2.75) is 19.4 Å². The van der Waals surface area contributed by atoms with Gasteiger partial charge in [-0.05, 0) is 30.7 Å². The summed E-state index contributed by atoms with van der Waals surface area (Å²) < 4.78 is 23.0. The Morgan fingerprint density at radius 3 is 2.48 bits per heavy atom. The zero-order valence-corrected chi connectivity index (χ0v) is 14.6. The lowest BCUT2D eigenvalue weighted by atomic mass is 10.1. The van der Waals surface area contributed by atoms with Crippen molar-refractivity contribution in [2.75, 3.05) is 12.4 Å². The summed E-state index contributed by atoms with van der Waals surface area (Å²) in [5, 5.41) is 13.3. The Balaban J connectivity index is 1.97. The van der Waals surface area contributed by atoms with Crippen LogP contribution >= 0.6 is 0 Å². The van der Waals surface area contributed by atoms with Gasteiger partial charge in [0.15, 0.2) is 6.10 Å². The normalized spacial score (nSPS) is 11.4. The molecular weight excluding hydrogens is 359 g/mol. The van der Waals surface area contributed by atoms with E-state index in [2.05, 4.69) is 5.32 Å². The largest absolute Gasteiger partial charge is 0.494 e. The van der Waals surface area contributed by atoms with Crippen LogP contribution in [0.25, 0.3) is 0 Å². The van der Waals surface area contributed by atoms with Crippen molar-refractivity contribution in [1.82, 2.24) is 0 Å². The van der Waals surface area contributed by atoms with Gasteiger partial charge in [-0.25, -0.2) is 4.39 Å². The second-order valence-electron chi connectivity index (χ2n) is 5.57. The third kappa shape index (κ3) is 5.50. The first-order valence-corrected chi connectivity index (χ1v) is 7.87. The Morgan fingerprint density at radius 2 is 1.89 bits per heavy atom. The first-order chi connectivity index (χ1) is 12.8. The molecule has 0 fully saturated rings. The van der Waals surface area contributed by atoms with E-state index in [4.69, 9.17) is 9.47 Å². The summed E-state index contributed by atoms with van der Waals surface area (Å²) in [7, 11) is 1.31. The van der Waals surface area contributed by atoms with E-state index in [-0.39, 0.29) is 23.5 Å². The molecule has 0 radical (unpaired) electrons. The number of nitro groups is 1. The van der Waals surface area contributed by atoms with Gasteiger partial charge in [0.2, 0.25) is 0 Å². The predicted molar refractivity (Wildman–Crippen MR) is 93.9 cm³/mol. The second kappa shape index (κ2) is 8.75. The molecule has 0 saturated heterocycles. The van der Waals surface area contributed by atoms with E-state index in [9.17, 15) is 24.1 Å². The van der Waals surface area contributed by atoms with Crippen LogP contribution < -0.4 is 10.1 Å². The third-order valence-electron chi connectivity index (χ3n) is 3.59. The molecule has 0 bridgehead atoms. The average molecular weight is 376 g/mol. The molecular formula is C18H17FN2O6. The summed E-state index contributed by atoms with van der Waals surface area (Å²) in [6.45, 7) is 1.38. The van der Waals surface area contributed by atoms with Crippen LogP contribution in [0.2, 0.25) is 0 Å². The van der Waals surface area contributed by atoms with E-state index in [1.165, 1.54) is 56.5 Å². The van der Waals surface area contributed by atoms with Crippen molar-refractivity contribution < 1.29 is 28.4 Å². The molecule has 0 aromatic heterocycles. The first-order valence-electron chi connectivity index (χ1n) is 7.87. The van der Waals surface area contributed by atoms with Crippen LogP contribution in [0.4, 0.5) is 15.8 Å². The van der Waals surface area contributed by atoms with Gasteiger partial charge in [-0.3, -0.25) is 19.7 Å². The molecule has 9 heteroatoms. The summed E-state index contributed by atoms with van der Waals surface area (Å²) in [6.07, 6.45) is -1.23. The fraction of sp³-hybridized carbons (Fsp3) is 0.222. The molecule has 0 aliphatic heterocycles. The van der Waals surface area contributed by atoms with Crippen molar-refractivity contribution in [1.29, 1.82) is 0 Å². The Kier molecular flexibility index (Phi) is 6.42. The number of benzene rings is 2. The summed E-state index contributed by atoms with van der Waals surface area (Å²) in [5.41, 5.74) is 0.559. The maximum atomic E-state index is 12.9. The number of carbonyl (C=O) groups is 2. The number of methoxy groups -OCH3 is 1. The van der Waals surface area contributed by atoms with E-state index in [1.54, 1.807) is 0 Å². The number of nitrogens with one attached hydrogen (secondary N) is 1. The lowest BCUT2D eigenvalue weighted by Gasteiger charge is -2.15. The Labute approximate surface area is 154 Å². The Bertz CT molecular complexity index is 853. The van der Waals surface area contributed by atoms with E-state index in [0.717, 1.165) is 0 Å². The van der Waals surface area contributed by atoms with Gasteiger partial charge in [0.05, 0.1) is 30.2 Å². The van der Waals surface area contributed by atoms with Crippen molar-refractivity contribution in [2.24, 2.45) is 0 Å². The summed E-state index contributed by atoms with van der Waals surface area (Å²) in [4.78, 5) is 34.3. The van der Waals surface area contributed by atoms with Gasteiger partial charge in [0, 0.05) is 6.07 Å². The second-order valence-corrected chi connectivity index (χ2v) is 5.57. The van der Waals surface area contributed by atoms with E-state index in [1.807, 2.05) is 0 Å². The molecule has 142 valence electrons. The molecule has 0 saturated carbocycles. The highest BCUT2D eigenvalue weighted by atomic mass is 19.1. The quantitative estimate of drug-likeness (QED) is 0.452. The molecule has 2 aromatic carbocycles. The highest BCUT2D eigenvalue weighted by Crippen LogP contribution is 2.29. The maximum Gasteiger partial charge on any atom is 0.311 e.